The summed E-state index contributed by atoms with van der Waals surface area (Å²) >= 11 is 11.6. The van der Waals surface area contributed by atoms with Crippen LogP contribution in [0, 0.1) is 5.92 Å². The Morgan fingerprint density at radius 3 is 2.26 bits per heavy atom. The molecular weight excluding hydrogens is 342 g/mol. The van der Waals surface area contributed by atoms with E-state index in [-0.39, 0.29) is 23.6 Å². The highest BCUT2D eigenvalue weighted by molar-refractivity contribution is 6.41. The Balaban J connectivity index is 0.00000108. The first-order valence-corrected chi connectivity index (χ1v) is 7.75. The van der Waals surface area contributed by atoms with E-state index in [9.17, 15) is 9.59 Å². The van der Waals surface area contributed by atoms with Gasteiger partial charge in [0.2, 0.25) is 5.91 Å². The number of carbonyl (C=O) groups is 2. The van der Waals surface area contributed by atoms with Crippen LogP contribution in [0.2, 0.25) is 10.0 Å². The van der Waals surface area contributed by atoms with Crippen LogP contribution in [0.5, 0.6) is 0 Å². The highest BCUT2D eigenvalue weighted by atomic mass is 35.5. The second-order valence-electron chi connectivity index (χ2n) is 5.32. The molecule has 0 bridgehead atoms. The lowest BCUT2D eigenvalue weighted by molar-refractivity contribution is -0.119. The predicted octanol–water partition coefficient (Wildman–Crippen LogP) is 1.51. The quantitative estimate of drug-likeness (QED) is 0.596. The minimum Gasteiger partial charge on any atom is -0.426 e. The van der Waals surface area contributed by atoms with Gasteiger partial charge in [-0.1, -0.05) is 44.0 Å². The average molecular weight is 363 g/mol. The highest BCUT2D eigenvalue weighted by Crippen LogP contribution is 2.20. The standard InChI is InChI=1S/C10H11BCl2N2O4.C4H10/c12-6-1-2-8(13)7(3-6)10(17)14-4-9(16)15-5-11(18)19;1-4(2)3/h1-3,18-19H,4-5H2,(H,14,17)(H,15,16);4H,1-3H3. The lowest BCUT2D eigenvalue weighted by Crippen LogP contribution is -2.41. The Hall–Kier alpha value is -1.28. The summed E-state index contributed by atoms with van der Waals surface area (Å²) in [5.41, 5.74) is 0.157. The van der Waals surface area contributed by atoms with Crippen molar-refractivity contribution in [3.8, 4) is 0 Å². The number of halogens is 2. The van der Waals surface area contributed by atoms with E-state index in [2.05, 4.69) is 31.4 Å². The number of benzene rings is 1. The molecule has 1 aromatic carbocycles. The second kappa shape index (κ2) is 11.3. The summed E-state index contributed by atoms with van der Waals surface area (Å²) in [6.45, 7) is 6.19. The summed E-state index contributed by atoms with van der Waals surface area (Å²) in [6.07, 6.45) is -0.313. The fourth-order valence-corrected chi connectivity index (χ4v) is 1.57. The van der Waals surface area contributed by atoms with Gasteiger partial charge >= 0.3 is 7.12 Å². The first-order valence-electron chi connectivity index (χ1n) is 6.99. The molecule has 0 saturated heterocycles. The molecule has 0 aromatic heterocycles. The lowest BCUT2D eigenvalue weighted by Gasteiger charge is -2.07. The maximum atomic E-state index is 11.7. The van der Waals surface area contributed by atoms with E-state index >= 15 is 0 Å². The fourth-order valence-electron chi connectivity index (χ4n) is 1.19. The van der Waals surface area contributed by atoms with E-state index in [4.69, 9.17) is 33.2 Å². The summed E-state index contributed by atoms with van der Waals surface area (Å²) in [6, 6.07) is 4.39. The van der Waals surface area contributed by atoms with Crippen LogP contribution in [0.4, 0.5) is 0 Å². The molecule has 0 atom stereocenters. The molecule has 2 amide bonds. The van der Waals surface area contributed by atoms with Crippen LogP contribution in [-0.4, -0.2) is 42.0 Å². The van der Waals surface area contributed by atoms with Gasteiger partial charge in [-0.2, -0.15) is 0 Å². The Bertz CT molecular complexity index is 525. The lowest BCUT2D eigenvalue weighted by atomic mass is 9.92. The topological polar surface area (TPSA) is 98.7 Å². The smallest absolute Gasteiger partial charge is 0.426 e. The van der Waals surface area contributed by atoms with Gasteiger partial charge in [-0.15, -0.1) is 0 Å². The number of amides is 2. The molecule has 0 aliphatic carbocycles. The SMILES string of the molecule is CC(C)C.O=C(CNC(=O)c1cc(Cl)ccc1Cl)NCB(O)O. The summed E-state index contributed by atoms with van der Waals surface area (Å²) in [4.78, 5) is 23.0. The fraction of sp³-hybridized carbons (Fsp3) is 0.429. The largest absolute Gasteiger partial charge is 0.472 e. The molecule has 9 heteroatoms. The average Bonchev–Trinajstić information content (AvgIpc) is 2.44. The van der Waals surface area contributed by atoms with E-state index in [1.54, 1.807) is 0 Å². The van der Waals surface area contributed by atoms with Gasteiger partial charge < -0.3 is 20.7 Å². The Labute approximate surface area is 146 Å². The van der Waals surface area contributed by atoms with Crippen molar-refractivity contribution >= 4 is 42.1 Å². The van der Waals surface area contributed by atoms with Gasteiger partial charge in [-0.3, -0.25) is 9.59 Å². The van der Waals surface area contributed by atoms with Crippen LogP contribution >= 0.6 is 23.2 Å². The molecule has 128 valence electrons. The molecule has 23 heavy (non-hydrogen) atoms. The van der Waals surface area contributed by atoms with Gasteiger partial charge in [-0.25, -0.2) is 0 Å². The molecule has 6 nitrogen and oxygen atoms in total. The minimum absolute atomic E-state index is 0.157. The number of hydrogen-bond acceptors (Lipinski definition) is 4. The van der Waals surface area contributed by atoms with Crippen LogP contribution in [0.15, 0.2) is 18.2 Å². The molecule has 0 saturated carbocycles. The summed E-state index contributed by atoms with van der Waals surface area (Å²) in [5.74, 6) is -0.271. The molecule has 0 fully saturated rings. The van der Waals surface area contributed by atoms with Gasteiger partial charge in [0.05, 0.1) is 23.6 Å². The maximum absolute atomic E-state index is 11.7. The number of nitrogens with one attached hydrogen (secondary N) is 2. The van der Waals surface area contributed by atoms with Crippen molar-refractivity contribution in [3.63, 3.8) is 0 Å². The second-order valence-corrected chi connectivity index (χ2v) is 6.17. The van der Waals surface area contributed by atoms with Crippen molar-refractivity contribution < 1.29 is 19.6 Å². The van der Waals surface area contributed by atoms with Gasteiger partial charge in [0.25, 0.3) is 5.91 Å². The molecule has 1 rings (SSSR count). The Morgan fingerprint density at radius 2 is 1.74 bits per heavy atom. The van der Waals surface area contributed by atoms with Crippen molar-refractivity contribution in [2.24, 2.45) is 5.92 Å². The van der Waals surface area contributed by atoms with Crippen LogP contribution in [0.1, 0.15) is 31.1 Å². The first-order chi connectivity index (χ1) is 10.6. The molecule has 0 aliphatic heterocycles. The van der Waals surface area contributed by atoms with E-state index in [1.807, 2.05) is 0 Å². The highest BCUT2D eigenvalue weighted by Gasteiger charge is 2.13. The molecule has 0 spiro atoms. The summed E-state index contributed by atoms with van der Waals surface area (Å²) in [7, 11) is -1.64. The third kappa shape index (κ3) is 11.0. The van der Waals surface area contributed by atoms with E-state index in [0.29, 0.717) is 5.02 Å². The Morgan fingerprint density at radius 1 is 1.17 bits per heavy atom. The Kier molecular flexibility index (Phi) is 10.7. The minimum atomic E-state index is -1.64. The van der Waals surface area contributed by atoms with Crippen molar-refractivity contribution in [2.45, 2.75) is 20.8 Å². The molecule has 0 radical (unpaired) electrons. The van der Waals surface area contributed by atoms with E-state index in [1.165, 1.54) is 18.2 Å². The van der Waals surface area contributed by atoms with Crippen LogP contribution in [0.25, 0.3) is 0 Å². The van der Waals surface area contributed by atoms with Crippen molar-refractivity contribution in [2.75, 3.05) is 13.0 Å². The number of carbonyl (C=O) groups excluding carboxylic acids is 2. The van der Waals surface area contributed by atoms with Crippen LogP contribution in [0.3, 0.4) is 0 Å². The normalized spacial score (nSPS) is 9.74. The predicted molar refractivity (Wildman–Crippen MR) is 92.5 cm³/mol. The zero-order valence-corrected chi connectivity index (χ0v) is 14.8. The van der Waals surface area contributed by atoms with Gasteiger partial charge in [0.15, 0.2) is 0 Å². The van der Waals surface area contributed by atoms with E-state index in [0.717, 1.165) is 5.92 Å². The van der Waals surface area contributed by atoms with Gasteiger partial charge in [0, 0.05) is 5.02 Å². The number of rotatable bonds is 5. The molecule has 0 heterocycles. The third-order valence-electron chi connectivity index (χ3n) is 2.06. The monoisotopic (exact) mass is 362 g/mol. The summed E-state index contributed by atoms with van der Waals surface area (Å²) in [5, 5.41) is 22.2. The first kappa shape index (κ1) is 21.7. The van der Waals surface area contributed by atoms with Gasteiger partial charge in [-0.05, 0) is 24.1 Å². The summed E-state index contributed by atoms with van der Waals surface area (Å²) < 4.78 is 0. The van der Waals surface area contributed by atoms with Crippen molar-refractivity contribution in [3.05, 3.63) is 33.8 Å². The molecule has 0 unspecified atom stereocenters. The van der Waals surface area contributed by atoms with Crippen molar-refractivity contribution in [1.82, 2.24) is 10.6 Å². The van der Waals surface area contributed by atoms with Crippen LogP contribution in [-0.2, 0) is 4.79 Å². The maximum Gasteiger partial charge on any atom is 0.472 e. The van der Waals surface area contributed by atoms with Crippen molar-refractivity contribution in [1.29, 1.82) is 0 Å². The van der Waals surface area contributed by atoms with Gasteiger partial charge in [0.1, 0.15) is 0 Å². The van der Waals surface area contributed by atoms with Crippen LogP contribution < -0.4 is 10.6 Å². The zero-order chi connectivity index (χ0) is 18.0. The van der Waals surface area contributed by atoms with E-state index < -0.39 is 18.9 Å². The molecule has 1 aromatic rings. The molecule has 0 aliphatic rings. The molecule has 4 N–H and O–H groups in total. The molecular formula is C14H21BCl2N2O4. The zero-order valence-electron chi connectivity index (χ0n) is 13.3. The third-order valence-corrected chi connectivity index (χ3v) is 2.63. The number of hydrogen-bond donors (Lipinski definition) is 4.